The summed E-state index contributed by atoms with van der Waals surface area (Å²) in [5.41, 5.74) is 0.200. The molecule has 2 aromatic rings. The number of rotatable bonds is 3. The van der Waals surface area contributed by atoms with Crippen LogP contribution in [0.15, 0.2) is 52.3 Å². The Morgan fingerprint density at radius 2 is 1.89 bits per heavy atom. The van der Waals surface area contributed by atoms with E-state index in [-0.39, 0.29) is 11.3 Å². The van der Waals surface area contributed by atoms with E-state index in [2.05, 4.69) is 0 Å². The van der Waals surface area contributed by atoms with Crippen molar-refractivity contribution in [2.24, 2.45) is 0 Å². The Labute approximate surface area is 118 Å². The number of nitro groups is 1. The van der Waals surface area contributed by atoms with E-state index < -0.39 is 4.92 Å². The molecule has 2 aromatic carbocycles. The summed E-state index contributed by atoms with van der Waals surface area (Å²) >= 11 is 7.04. The summed E-state index contributed by atoms with van der Waals surface area (Å²) in [5, 5.41) is 20.4. The molecule has 0 saturated heterocycles. The Morgan fingerprint density at radius 1 is 1.21 bits per heavy atom. The van der Waals surface area contributed by atoms with Gasteiger partial charge in [-0.1, -0.05) is 23.4 Å². The molecule has 2 rings (SSSR count). The van der Waals surface area contributed by atoms with Gasteiger partial charge in [-0.15, -0.1) is 0 Å². The maximum absolute atomic E-state index is 11.0. The zero-order chi connectivity index (χ0) is 13.8. The fraction of sp³-hybridized carbons (Fsp3) is 0. The first-order valence-electron chi connectivity index (χ1n) is 5.22. The predicted octanol–water partition coefficient (Wildman–Crippen LogP) is 4.27. The van der Waals surface area contributed by atoms with Crippen molar-refractivity contribution in [1.82, 2.24) is 0 Å². The van der Waals surface area contributed by atoms with Crippen molar-refractivity contribution in [3.05, 3.63) is 63.2 Å². The summed E-state index contributed by atoms with van der Waals surface area (Å²) in [6, 6.07) is 13.3. The fourth-order valence-corrected chi connectivity index (χ4v) is 2.47. The summed E-state index contributed by atoms with van der Waals surface area (Å²) in [6.07, 6.45) is 0. The van der Waals surface area contributed by atoms with Crippen molar-refractivity contribution in [2.45, 2.75) is 9.79 Å². The van der Waals surface area contributed by atoms with Crippen LogP contribution >= 0.6 is 23.4 Å². The second-order valence-corrected chi connectivity index (χ2v) is 5.16. The third-order valence-electron chi connectivity index (χ3n) is 2.33. The summed E-state index contributed by atoms with van der Waals surface area (Å²) in [5.74, 6) is 0. The van der Waals surface area contributed by atoms with Gasteiger partial charge in [0.25, 0.3) is 5.69 Å². The second-order valence-electron chi connectivity index (χ2n) is 3.61. The molecule has 0 spiro atoms. The molecule has 19 heavy (non-hydrogen) atoms. The average molecular weight is 291 g/mol. The topological polar surface area (TPSA) is 66.9 Å². The van der Waals surface area contributed by atoms with Gasteiger partial charge in [-0.3, -0.25) is 10.1 Å². The van der Waals surface area contributed by atoms with E-state index in [1.54, 1.807) is 36.4 Å². The van der Waals surface area contributed by atoms with Gasteiger partial charge in [0.1, 0.15) is 0 Å². The Balaban J connectivity index is 2.37. The summed E-state index contributed by atoms with van der Waals surface area (Å²) in [4.78, 5) is 11.8. The van der Waals surface area contributed by atoms with Crippen molar-refractivity contribution in [3.8, 4) is 6.07 Å². The molecule has 0 aliphatic rings. The molecule has 0 heterocycles. The van der Waals surface area contributed by atoms with E-state index in [9.17, 15) is 10.1 Å². The van der Waals surface area contributed by atoms with E-state index in [1.807, 2.05) is 6.07 Å². The minimum atomic E-state index is -0.487. The Bertz CT molecular complexity index is 665. The van der Waals surface area contributed by atoms with Crippen molar-refractivity contribution < 1.29 is 4.92 Å². The molecule has 0 saturated carbocycles. The van der Waals surface area contributed by atoms with Crippen molar-refractivity contribution >= 4 is 29.1 Å². The minimum absolute atomic E-state index is 0.0704. The molecule has 0 fully saturated rings. The molecule has 0 N–H and O–H groups in total. The quantitative estimate of drug-likeness (QED) is 0.625. The van der Waals surface area contributed by atoms with Crippen LogP contribution < -0.4 is 0 Å². The highest BCUT2D eigenvalue weighted by Crippen LogP contribution is 2.35. The van der Waals surface area contributed by atoms with Gasteiger partial charge in [-0.2, -0.15) is 5.26 Å². The highest BCUT2D eigenvalue weighted by atomic mass is 35.5. The van der Waals surface area contributed by atoms with Crippen molar-refractivity contribution in [1.29, 1.82) is 5.26 Å². The van der Waals surface area contributed by atoms with Gasteiger partial charge in [0.2, 0.25) is 0 Å². The number of halogens is 1. The predicted molar refractivity (Wildman–Crippen MR) is 73.4 cm³/mol. The van der Waals surface area contributed by atoms with Crippen LogP contribution in [0.2, 0.25) is 5.02 Å². The van der Waals surface area contributed by atoms with E-state index in [0.717, 1.165) is 4.90 Å². The van der Waals surface area contributed by atoms with E-state index in [4.69, 9.17) is 16.9 Å². The maximum Gasteiger partial charge on any atom is 0.284 e. The first-order valence-corrected chi connectivity index (χ1v) is 6.41. The highest BCUT2D eigenvalue weighted by molar-refractivity contribution is 7.99. The van der Waals surface area contributed by atoms with Crippen LogP contribution in [0.5, 0.6) is 0 Å². The lowest BCUT2D eigenvalue weighted by Gasteiger charge is -2.03. The molecular formula is C13H7ClN2O2S. The van der Waals surface area contributed by atoms with Gasteiger partial charge in [-0.25, -0.2) is 0 Å². The maximum atomic E-state index is 11.0. The van der Waals surface area contributed by atoms with E-state index >= 15 is 0 Å². The molecule has 0 radical (unpaired) electrons. The van der Waals surface area contributed by atoms with E-state index in [0.29, 0.717) is 9.92 Å². The van der Waals surface area contributed by atoms with E-state index in [1.165, 1.54) is 17.8 Å². The fourth-order valence-electron chi connectivity index (χ4n) is 1.45. The minimum Gasteiger partial charge on any atom is -0.258 e. The molecule has 0 unspecified atom stereocenters. The third kappa shape index (κ3) is 3.25. The highest BCUT2D eigenvalue weighted by Gasteiger charge is 2.15. The molecule has 4 nitrogen and oxygen atoms in total. The molecule has 0 aliphatic heterocycles. The molecule has 0 aromatic heterocycles. The number of nitro benzene ring substituents is 1. The smallest absolute Gasteiger partial charge is 0.258 e. The van der Waals surface area contributed by atoms with Crippen LogP contribution in [0.4, 0.5) is 5.69 Å². The largest absolute Gasteiger partial charge is 0.284 e. The van der Waals surface area contributed by atoms with Crippen LogP contribution in [-0.4, -0.2) is 4.92 Å². The Morgan fingerprint density at radius 3 is 2.47 bits per heavy atom. The van der Waals surface area contributed by atoms with Gasteiger partial charge < -0.3 is 0 Å². The Hall–Kier alpha value is -2.03. The van der Waals surface area contributed by atoms with Gasteiger partial charge in [0.15, 0.2) is 0 Å². The van der Waals surface area contributed by atoms with Crippen LogP contribution in [0.3, 0.4) is 0 Å². The third-order valence-corrected chi connectivity index (χ3v) is 3.65. The average Bonchev–Trinajstić information content (AvgIpc) is 2.41. The second kappa shape index (κ2) is 5.74. The summed E-state index contributed by atoms with van der Waals surface area (Å²) in [7, 11) is 0. The number of benzene rings is 2. The molecule has 6 heteroatoms. The number of hydrogen-bond donors (Lipinski definition) is 0. The van der Waals surface area contributed by atoms with Gasteiger partial charge in [-0.05, 0) is 36.4 Å². The number of hydrogen-bond acceptors (Lipinski definition) is 4. The van der Waals surface area contributed by atoms with Gasteiger partial charge >= 0.3 is 0 Å². The zero-order valence-corrected chi connectivity index (χ0v) is 11.1. The standard InChI is InChI=1S/C13H7ClN2O2S/c14-10-2-4-11(5-3-10)19-13-6-1-9(8-15)7-12(13)16(17)18/h1-7H. The molecule has 0 atom stereocenters. The first-order chi connectivity index (χ1) is 9.10. The van der Waals surface area contributed by atoms with Crippen LogP contribution in [0.1, 0.15) is 5.56 Å². The molecule has 0 aliphatic carbocycles. The lowest BCUT2D eigenvalue weighted by molar-refractivity contribution is -0.387. The Kier molecular flexibility index (Phi) is 4.05. The van der Waals surface area contributed by atoms with Gasteiger partial charge in [0.05, 0.1) is 21.5 Å². The van der Waals surface area contributed by atoms with Gasteiger partial charge in [0, 0.05) is 16.0 Å². The monoisotopic (exact) mass is 290 g/mol. The van der Waals surface area contributed by atoms with Crippen molar-refractivity contribution in [3.63, 3.8) is 0 Å². The van der Waals surface area contributed by atoms with Crippen LogP contribution in [0.25, 0.3) is 0 Å². The molecule has 0 amide bonds. The molecule has 0 bridgehead atoms. The van der Waals surface area contributed by atoms with Crippen LogP contribution in [0, 0.1) is 21.4 Å². The van der Waals surface area contributed by atoms with Crippen molar-refractivity contribution in [2.75, 3.05) is 0 Å². The molecule has 94 valence electrons. The number of nitrogens with zero attached hydrogens (tertiary/aromatic N) is 2. The van der Waals surface area contributed by atoms with Crippen LogP contribution in [-0.2, 0) is 0 Å². The lowest BCUT2D eigenvalue weighted by Crippen LogP contribution is -1.91. The lowest BCUT2D eigenvalue weighted by atomic mass is 10.2. The summed E-state index contributed by atoms with van der Waals surface area (Å²) < 4.78 is 0. The summed E-state index contributed by atoms with van der Waals surface area (Å²) in [6.45, 7) is 0. The molecular weight excluding hydrogens is 284 g/mol. The first kappa shape index (κ1) is 13.4. The zero-order valence-electron chi connectivity index (χ0n) is 9.54. The SMILES string of the molecule is N#Cc1ccc(Sc2ccc(Cl)cc2)c([N+](=O)[O-])c1. The normalized spacial score (nSPS) is 9.89. The number of nitriles is 1.